The van der Waals surface area contributed by atoms with Crippen LogP contribution in [0.4, 0.5) is 4.79 Å². The third-order valence-electron chi connectivity index (χ3n) is 3.32. The van der Waals surface area contributed by atoms with Crippen molar-refractivity contribution in [2.24, 2.45) is 5.92 Å². The van der Waals surface area contributed by atoms with Crippen LogP contribution in [-0.2, 0) is 4.74 Å². The number of nitrogens with zero attached hydrogens (tertiary/aromatic N) is 1. The van der Waals surface area contributed by atoms with Crippen LogP contribution in [0.25, 0.3) is 0 Å². The second-order valence-electron chi connectivity index (χ2n) is 6.29. The van der Waals surface area contributed by atoms with Gasteiger partial charge in [-0.15, -0.1) is 0 Å². The summed E-state index contributed by atoms with van der Waals surface area (Å²) in [6.45, 7) is 10.6. The van der Waals surface area contributed by atoms with E-state index in [2.05, 4.69) is 0 Å². The summed E-state index contributed by atoms with van der Waals surface area (Å²) >= 11 is 0. The van der Waals surface area contributed by atoms with Crippen molar-refractivity contribution in [1.29, 1.82) is 0 Å². The molecule has 2 atom stereocenters. The largest absolute Gasteiger partial charge is 0.444 e. The quantitative estimate of drug-likeness (QED) is 0.710. The molecule has 0 aromatic carbocycles. The van der Waals surface area contributed by atoms with Gasteiger partial charge in [0.15, 0.2) is 0 Å². The Labute approximate surface area is 104 Å². The number of likely N-dealkylation sites (tertiary alicyclic amines) is 1. The van der Waals surface area contributed by atoms with Crippen LogP contribution in [0.3, 0.4) is 0 Å². The molecule has 1 N–H and O–H groups in total. The second-order valence-corrected chi connectivity index (χ2v) is 6.29. The van der Waals surface area contributed by atoms with Gasteiger partial charge in [0.2, 0.25) is 0 Å². The Morgan fingerprint density at radius 1 is 1.47 bits per heavy atom. The highest BCUT2D eigenvalue weighted by Gasteiger charge is 2.34. The summed E-state index contributed by atoms with van der Waals surface area (Å²) in [6.07, 6.45) is 1.27. The van der Waals surface area contributed by atoms with Crippen LogP contribution in [0.2, 0.25) is 0 Å². The van der Waals surface area contributed by atoms with Crippen LogP contribution in [0.15, 0.2) is 0 Å². The molecule has 17 heavy (non-hydrogen) atoms. The van der Waals surface area contributed by atoms with E-state index in [1.165, 1.54) is 0 Å². The molecular formula is C13H25NO3. The summed E-state index contributed by atoms with van der Waals surface area (Å²) in [7, 11) is 0. The van der Waals surface area contributed by atoms with Crippen molar-refractivity contribution in [3.8, 4) is 0 Å². The van der Waals surface area contributed by atoms with Gasteiger partial charge in [0.25, 0.3) is 0 Å². The van der Waals surface area contributed by atoms with Crippen molar-refractivity contribution < 1.29 is 14.6 Å². The van der Waals surface area contributed by atoms with Crippen molar-refractivity contribution in [3.05, 3.63) is 0 Å². The molecule has 1 heterocycles. The van der Waals surface area contributed by atoms with Crippen molar-refractivity contribution >= 4 is 6.09 Å². The van der Waals surface area contributed by atoms with Gasteiger partial charge in [0, 0.05) is 19.0 Å². The minimum Gasteiger partial charge on any atom is -0.444 e. The molecule has 0 aromatic heterocycles. The Hall–Kier alpha value is -0.770. The summed E-state index contributed by atoms with van der Waals surface area (Å²) < 4.78 is 5.35. The molecule has 100 valence electrons. The van der Waals surface area contributed by atoms with Gasteiger partial charge in [0.1, 0.15) is 5.60 Å². The van der Waals surface area contributed by atoms with Crippen LogP contribution in [0, 0.1) is 5.92 Å². The lowest BCUT2D eigenvalue weighted by atomic mass is 9.88. The van der Waals surface area contributed by atoms with Crippen LogP contribution in [-0.4, -0.2) is 40.4 Å². The van der Waals surface area contributed by atoms with E-state index in [-0.39, 0.29) is 12.0 Å². The van der Waals surface area contributed by atoms with Crippen molar-refractivity contribution in [1.82, 2.24) is 4.90 Å². The fourth-order valence-electron chi connectivity index (χ4n) is 1.99. The van der Waals surface area contributed by atoms with Gasteiger partial charge in [0.05, 0.1) is 5.60 Å². The average Bonchev–Trinajstić information content (AvgIpc) is 2.24. The first kappa shape index (κ1) is 14.3. The molecule has 0 aliphatic carbocycles. The molecule has 0 aromatic rings. The Bertz CT molecular complexity index is 281. The Morgan fingerprint density at radius 2 is 2.06 bits per heavy atom. The number of amides is 1. The molecule has 4 heteroatoms. The number of ether oxygens (including phenoxy) is 1. The summed E-state index contributed by atoms with van der Waals surface area (Å²) in [5, 5.41) is 10.2. The van der Waals surface area contributed by atoms with Crippen LogP contribution in [0.5, 0.6) is 0 Å². The van der Waals surface area contributed by atoms with E-state index in [1.54, 1.807) is 4.90 Å². The maximum Gasteiger partial charge on any atom is 0.410 e. The zero-order valence-electron chi connectivity index (χ0n) is 11.6. The first-order valence-electron chi connectivity index (χ1n) is 6.32. The van der Waals surface area contributed by atoms with Gasteiger partial charge in [-0.1, -0.05) is 6.92 Å². The summed E-state index contributed by atoms with van der Waals surface area (Å²) in [6, 6.07) is 0. The molecule has 0 bridgehead atoms. The average molecular weight is 243 g/mol. The molecule has 4 nitrogen and oxygen atoms in total. The number of rotatable bonds is 0. The molecule has 1 fully saturated rings. The fourth-order valence-corrected chi connectivity index (χ4v) is 1.99. The van der Waals surface area contributed by atoms with E-state index < -0.39 is 11.2 Å². The molecular weight excluding hydrogens is 218 g/mol. The molecule has 0 unspecified atom stereocenters. The summed E-state index contributed by atoms with van der Waals surface area (Å²) in [5.41, 5.74) is -1.15. The number of carbonyl (C=O) groups excluding carboxylic acids is 1. The summed E-state index contributed by atoms with van der Waals surface area (Å²) in [4.78, 5) is 13.7. The molecule has 1 saturated heterocycles. The molecule has 0 spiro atoms. The normalized spacial score (nSPS) is 30.9. The van der Waals surface area contributed by atoms with Gasteiger partial charge < -0.3 is 14.7 Å². The smallest absolute Gasteiger partial charge is 0.410 e. The summed E-state index contributed by atoms with van der Waals surface area (Å²) in [5.74, 6) is 0.0671. The predicted octanol–water partition coefficient (Wildman–Crippen LogP) is 2.40. The number of hydrogen-bond donors (Lipinski definition) is 1. The highest BCUT2D eigenvalue weighted by molar-refractivity contribution is 5.68. The van der Waals surface area contributed by atoms with Gasteiger partial charge in [-0.2, -0.15) is 0 Å². The lowest BCUT2D eigenvalue weighted by Gasteiger charge is -2.31. The lowest BCUT2D eigenvalue weighted by molar-refractivity contribution is -0.00677. The zero-order valence-corrected chi connectivity index (χ0v) is 11.6. The SMILES string of the molecule is C[C@@H]1CN(C(=O)OC(C)(C)C)CCC[C@@]1(C)O. The number of aliphatic hydroxyl groups is 1. The third-order valence-corrected chi connectivity index (χ3v) is 3.32. The van der Waals surface area contributed by atoms with Crippen molar-refractivity contribution in [2.75, 3.05) is 13.1 Å². The Kier molecular flexibility index (Phi) is 4.07. The first-order chi connectivity index (χ1) is 7.62. The zero-order chi connectivity index (χ0) is 13.3. The van der Waals surface area contributed by atoms with Crippen molar-refractivity contribution in [3.63, 3.8) is 0 Å². The van der Waals surface area contributed by atoms with E-state index in [4.69, 9.17) is 4.74 Å². The molecule has 1 aliphatic heterocycles. The third kappa shape index (κ3) is 4.19. The minimum atomic E-state index is -0.684. The first-order valence-corrected chi connectivity index (χ1v) is 6.32. The predicted molar refractivity (Wildman–Crippen MR) is 66.8 cm³/mol. The number of carbonyl (C=O) groups is 1. The van der Waals surface area contributed by atoms with E-state index in [0.29, 0.717) is 13.1 Å². The van der Waals surface area contributed by atoms with Gasteiger partial charge >= 0.3 is 6.09 Å². The minimum absolute atomic E-state index is 0.0671. The van der Waals surface area contributed by atoms with E-state index in [0.717, 1.165) is 12.8 Å². The molecule has 1 aliphatic rings. The van der Waals surface area contributed by atoms with Gasteiger partial charge in [-0.3, -0.25) is 0 Å². The van der Waals surface area contributed by atoms with Crippen molar-refractivity contribution in [2.45, 2.75) is 58.7 Å². The molecule has 1 amide bonds. The highest BCUT2D eigenvalue weighted by Crippen LogP contribution is 2.27. The molecule has 0 saturated carbocycles. The maximum absolute atomic E-state index is 11.9. The van der Waals surface area contributed by atoms with Gasteiger partial charge in [-0.05, 0) is 40.5 Å². The van der Waals surface area contributed by atoms with Gasteiger partial charge in [-0.25, -0.2) is 4.79 Å². The van der Waals surface area contributed by atoms with Crippen LogP contribution < -0.4 is 0 Å². The molecule has 1 rings (SSSR count). The standard InChI is InChI=1S/C13H25NO3/c1-10-9-14(8-6-7-13(10,5)16)11(15)17-12(2,3)4/h10,16H,6-9H2,1-5H3/t10-,13-/m1/s1. The lowest BCUT2D eigenvalue weighted by Crippen LogP contribution is -2.42. The van der Waals surface area contributed by atoms with E-state index in [1.807, 2.05) is 34.6 Å². The van der Waals surface area contributed by atoms with E-state index in [9.17, 15) is 9.90 Å². The number of hydrogen-bond acceptors (Lipinski definition) is 3. The highest BCUT2D eigenvalue weighted by atomic mass is 16.6. The monoisotopic (exact) mass is 243 g/mol. The topological polar surface area (TPSA) is 49.8 Å². The van der Waals surface area contributed by atoms with Crippen LogP contribution in [0.1, 0.15) is 47.5 Å². The second kappa shape index (κ2) is 4.84. The Balaban J connectivity index is 2.64. The Morgan fingerprint density at radius 3 is 2.59 bits per heavy atom. The van der Waals surface area contributed by atoms with E-state index >= 15 is 0 Å². The van der Waals surface area contributed by atoms with Crippen LogP contribution >= 0.6 is 0 Å². The fraction of sp³-hybridized carbons (Fsp3) is 0.923. The molecule has 0 radical (unpaired) electrons. The maximum atomic E-state index is 11.9.